The molecule has 0 saturated carbocycles. The van der Waals surface area contributed by atoms with Crippen LogP contribution in [0.1, 0.15) is 32.8 Å². The number of aryl methyl sites for hydroxylation is 1. The van der Waals surface area contributed by atoms with Gasteiger partial charge in [0.1, 0.15) is 0 Å². The summed E-state index contributed by atoms with van der Waals surface area (Å²) in [5.41, 5.74) is 2.07. The monoisotopic (exact) mass is 264 g/mol. The standard InChI is InChI=1S/C14H20N2O3/c1-5-13(3)14(4,18)16(15-12(17)19-13)11-8-6-10(2)7-9-11/h6-9,18H,5H2,1-4H3,(H,15,17)/t13-,14+/m0/s1. The molecule has 1 aromatic rings. The van der Waals surface area contributed by atoms with Crippen molar-refractivity contribution in [2.75, 3.05) is 5.01 Å². The number of hydrazine groups is 1. The van der Waals surface area contributed by atoms with Crippen LogP contribution in [0.2, 0.25) is 0 Å². The molecule has 1 amide bonds. The van der Waals surface area contributed by atoms with Crippen LogP contribution in [0.4, 0.5) is 10.5 Å². The van der Waals surface area contributed by atoms with Gasteiger partial charge in [0.05, 0.1) is 5.69 Å². The summed E-state index contributed by atoms with van der Waals surface area (Å²) in [6, 6.07) is 7.56. The van der Waals surface area contributed by atoms with E-state index in [0.29, 0.717) is 12.1 Å². The lowest BCUT2D eigenvalue weighted by Gasteiger charge is -2.51. The highest BCUT2D eigenvalue weighted by Gasteiger charge is 2.54. The number of benzene rings is 1. The summed E-state index contributed by atoms with van der Waals surface area (Å²) >= 11 is 0. The first-order chi connectivity index (χ1) is 8.80. The van der Waals surface area contributed by atoms with Gasteiger partial charge < -0.3 is 9.84 Å². The second-order valence-corrected chi connectivity index (χ2v) is 5.28. The van der Waals surface area contributed by atoms with Crippen LogP contribution in [-0.4, -0.2) is 22.5 Å². The van der Waals surface area contributed by atoms with E-state index < -0.39 is 17.4 Å². The Hall–Kier alpha value is -1.75. The van der Waals surface area contributed by atoms with Gasteiger partial charge in [0.2, 0.25) is 0 Å². The molecule has 2 N–H and O–H groups in total. The van der Waals surface area contributed by atoms with E-state index in [1.54, 1.807) is 13.8 Å². The summed E-state index contributed by atoms with van der Waals surface area (Å²) in [5.74, 6) is 0. The van der Waals surface area contributed by atoms with Gasteiger partial charge in [-0.1, -0.05) is 24.6 Å². The second-order valence-electron chi connectivity index (χ2n) is 5.28. The summed E-state index contributed by atoms with van der Waals surface area (Å²) in [4.78, 5) is 11.7. The highest BCUT2D eigenvalue weighted by molar-refractivity contribution is 5.73. The van der Waals surface area contributed by atoms with Crippen molar-refractivity contribution in [3.8, 4) is 0 Å². The van der Waals surface area contributed by atoms with Gasteiger partial charge >= 0.3 is 6.09 Å². The molecule has 0 aliphatic carbocycles. The van der Waals surface area contributed by atoms with Crippen molar-refractivity contribution in [2.24, 2.45) is 0 Å². The predicted octanol–water partition coefficient (Wildman–Crippen LogP) is 2.33. The number of anilines is 1. The van der Waals surface area contributed by atoms with Crippen LogP contribution in [0.5, 0.6) is 0 Å². The van der Waals surface area contributed by atoms with Gasteiger partial charge in [0.15, 0.2) is 11.3 Å². The molecule has 2 rings (SSSR count). The van der Waals surface area contributed by atoms with E-state index in [9.17, 15) is 9.90 Å². The van der Waals surface area contributed by atoms with Crippen molar-refractivity contribution in [2.45, 2.75) is 45.4 Å². The Morgan fingerprint density at radius 1 is 1.32 bits per heavy atom. The van der Waals surface area contributed by atoms with E-state index in [-0.39, 0.29) is 0 Å². The quantitative estimate of drug-likeness (QED) is 0.860. The van der Waals surface area contributed by atoms with Crippen molar-refractivity contribution in [3.63, 3.8) is 0 Å². The van der Waals surface area contributed by atoms with Crippen molar-refractivity contribution < 1.29 is 14.6 Å². The molecule has 19 heavy (non-hydrogen) atoms. The number of cyclic esters (lactones) is 1. The summed E-state index contributed by atoms with van der Waals surface area (Å²) in [6.45, 7) is 7.22. The molecule has 1 aromatic carbocycles. The Morgan fingerprint density at radius 3 is 2.42 bits per heavy atom. The van der Waals surface area contributed by atoms with Crippen LogP contribution in [0.25, 0.3) is 0 Å². The Kier molecular flexibility index (Phi) is 3.18. The molecule has 0 radical (unpaired) electrons. The molecule has 1 heterocycles. The number of hydrogen-bond acceptors (Lipinski definition) is 4. The molecule has 5 nitrogen and oxygen atoms in total. The lowest BCUT2D eigenvalue weighted by atomic mass is 9.89. The number of carbonyl (C=O) groups is 1. The zero-order valence-electron chi connectivity index (χ0n) is 11.7. The second kappa shape index (κ2) is 4.42. The molecule has 5 heteroatoms. The fraction of sp³-hybridized carbons (Fsp3) is 0.500. The molecule has 1 aliphatic rings. The number of rotatable bonds is 2. The number of nitrogens with zero attached hydrogens (tertiary/aromatic N) is 1. The average molecular weight is 264 g/mol. The molecular formula is C14H20N2O3. The molecule has 1 aliphatic heterocycles. The minimum atomic E-state index is -1.34. The molecule has 0 unspecified atom stereocenters. The minimum Gasteiger partial charge on any atom is -0.437 e. The van der Waals surface area contributed by atoms with Gasteiger partial charge in [-0.05, 0) is 39.3 Å². The third-order valence-electron chi connectivity index (χ3n) is 3.93. The number of hydrogen-bond donors (Lipinski definition) is 2. The SMILES string of the molecule is CC[C@]1(C)OC(=O)NN(c2ccc(C)cc2)[C@]1(C)O. The third kappa shape index (κ3) is 2.14. The molecule has 0 aromatic heterocycles. The molecular weight excluding hydrogens is 244 g/mol. The van der Waals surface area contributed by atoms with Crippen LogP contribution in [-0.2, 0) is 4.74 Å². The van der Waals surface area contributed by atoms with E-state index in [1.807, 2.05) is 38.1 Å². The highest BCUT2D eigenvalue weighted by atomic mass is 16.6. The third-order valence-corrected chi connectivity index (χ3v) is 3.93. The van der Waals surface area contributed by atoms with E-state index >= 15 is 0 Å². The van der Waals surface area contributed by atoms with Gasteiger partial charge in [-0.3, -0.25) is 0 Å². The molecule has 2 atom stereocenters. The largest absolute Gasteiger partial charge is 0.437 e. The van der Waals surface area contributed by atoms with Gasteiger partial charge in [-0.15, -0.1) is 0 Å². The summed E-state index contributed by atoms with van der Waals surface area (Å²) in [7, 11) is 0. The predicted molar refractivity (Wildman–Crippen MR) is 72.6 cm³/mol. The van der Waals surface area contributed by atoms with Crippen molar-refractivity contribution in [3.05, 3.63) is 29.8 Å². The zero-order valence-corrected chi connectivity index (χ0v) is 11.7. The van der Waals surface area contributed by atoms with Crippen LogP contribution >= 0.6 is 0 Å². The van der Waals surface area contributed by atoms with Crippen molar-refractivity contribution in [1.82, 2.24) is 5.43 Å². The average Bonchev–Trinajstić information content (AvgIpc) is 2.35. The zero-order chi connectivity index (χ0) is 14.3. The van der Waals surface area contributed by atoms with Gasteiger partial charge in [-0.2, -0.15) is 0 Å². The molecule has 1 fully saturated rings. The lowest BCUT2D eigenvalue weighted by molar-refractivity contribution is -0.158. The number of aliphatic hydroxyl groups is 1. The first-order valence-electron chi connectivity index (χ1n) is 6.39. The maximum atomic E-state index is 11.7. The van der Waals surface area contributed by atoms with E-state index in [2.05, 4.69) is 5.43 Å². The van der Waals surface area contributed by atoms with Crippen LogP contribution in [0, 0.1) is 6.92 Å². The topological polar surface area (TPSA) is 61.8 Å². The number of ether oxygens (including phenoxy) is 1. The molecule has 0 bridgehead atoms. The van der Waals surface area contributed by atoms with E-state index in [0.717, 1.165) is 5.56 Å². The normalized spacial score (nSPS) is 30.8. The molecule has 0 spiro atoms. The number of nitrogens with one attached hydrogen (secondary N) is 1. The van der Waals surface area contributed by atoms with Gasteiger partial charge in [0.25, 0.3) is 0 Å². The van der Waals surface area contributed by atoms with Crippen molar-refractivity contribution >= 4 is 11.8 Å². The number of carbonyl (C=O) groups excluding carboxylic acids is 1. The Balaban J connectivity index is 2.43. The Labute approximate surface area is 113 Å². The lowest BCUT2D eigenvalue weighted by Crippen LogP contribution is -2.72. The van der Waals surface area contributed by atoms with Crippen LogP contribution in [0.3, 0.4) is 0 Å². The first-order valence-corrected chi connectivity index (χ1v) is 6.39. The maximum absolute atomic E-state index is 11.7. The van der Waals surface area contributed by atoms with Crippen LogP contribution in [0.15, 0.2) is 24.3 Å². The Bertz CT molecular complexity index is 484. The van der Waals surface area contributed by atoms with Crippen LogP contribution < -0.4 is 10.4 Å². The first kappa shape index (κ1) is 13.7. The van der Waals surface area contributed by atoms with E-state index in [1.165, 1.54) is 5.01 Å². The summed E-state index contributed by atoms with van der Waals surface area (Å²) in [6.07, 6.45) is -0.0491. The van der Waals surface area contributed by atoms with Gasteiger partial charge in [-0.25, -0.2) is 15.2 Å². The van der Waals surface area contributed by atoms with E-state index in [4.69, 9.17) is 4.74 Å². The smallest absolute Gasteiger partial charge is 0.426 e. The van der Waals surface area contributed by atoms with Gasteiger partial charge in [0, 0.05) is 0 Å². The fourth-order valence-electron chi connectivity index (χ4n) is 2.18. The summed E-state index contributed by atoms with van der Waals surface area (Å²) in [5, 5.41) is 12.2. The Morgan fingerprint density at radius 2 is 1.89 bits per heavy atom. The summed E-state index contributed by atoms with van der Waals surface area (Å²) < 4.78 is 5.27. The fourth-order valence-corrected chi connectivity index (χ4v) is 2.18. The molecule has 104 valence electrons. The highest BCUT2D eigenvalue weighted by Crippen LogP contribution is 2.37. The number of amides is 1. The molecule has 1 saturated heterocycles. The maximum Gasteiger partial charge on any atom is 0.426 e. The van der Waals surface area contributed by atoms with Crippen molar-refractivity contribution in [1.29, 1.82) is 0 Å². The minimum absolute atomic E-state index is 0.510.